The third-order valence-electron chi connectivity index (χ3n) is 3.69. The second-order valence-electron chi connectivity index (χ2n) is 5.03. The van der Waals surface area contributed by atoms with Gasteiger partial charge in [-0.3, -0.25) is 9.78 Å². The van der Waals surface area contributed by atoms with Crippen LogP contribution in [0.15, 0.2) is 43.0 Å². The fraction of sp³-hybridized carbons (Fsp3) is 0.312. The van der Waals surface area contributed by atoms with Gasteiger partial charge in [0.05, 0.1) is 12.4 Å². The molecule has 0 atom stereocenters. The highest BCUT2D eigenvalue weighted by Gasteiger charge is 2.15. The summed E-state index contributed by atoms with van der Waals surface area (Å²) in [7, 11) is 0. The van der Waals surface area contributed by atoms with Gasteiger partial charge in [0.1, 0.15) is 0 Å². The molecule has 0 N–H and O–H groups in total. The Kier molecular flexibility index (Phi) is 5.01. The Labute approximate surface area is 129 Å². The molecule has 0 aliphatic heterocycles. The number of hydrogen-bond donors (Lipinski definition) is 0. The molecule has 20 heavy (non-hydrogen) atoms. The van der Waals surface area contributed by atoms with Crippen LogP contribution < -0.4 is 21.5 Å². The maximum atomic E-state index is 12.3. The van der Waals surface area contributed by atoms with E-state index in [4.69, 9.17) is 0 Å². The number of carbonyl (C=O) groups excluding carboxylic acids is 1. The number of halogens is 1. The van der Waals surface area contributed by atoms with Crippen LogP contribution in [0.3, 0.4) is 0 Å². The molecule has 1 heterocycles. The number of ketones is 1. The monoisotopic (exact) mass is 332 g/mol. The lowest BCUT2D eigenvalue weighted by Crippen LogP contribution is -3.00. The standard InChI is InChI=1S/C16H17N2O.BrH/c19-16(12-18-9-7-17-8-10-18)15-6-5-13-3-1-2-4-14(13)11-15;/h5-11H,1-4,12H2;1H/q+1;/p-1. The van der Waals surface area contributed by atoms with Gasteiger partial charge in [-0.1, -0.05) is 12.1 Å². The fourth-order valence-corrected chi connectivity index (χ4v) is 2.62. The van der Waals surface area contributed by atoms with Gasteiger partial charge in [-0.15, -0.1) is 0 Å². The van der Waals surface area contributed by atoms with E-state index in [1.54, 1.807) is 12.4 Å². The molecule has 3 rings (SSSR count). The van der Waals surface area contributed by atoms with Crippen LogP contribution in [-0.4, -0.2) is 10.8 Å². The highest BCUT2D eigenvalue weighted by atomic mass is 79.9. The van der Waals surface area contributed by atoms with Crippen LogP contribution in [0.4, 0.5) is 0 Å². The lowest BCUT2D eigenvalue weighted by Gasteiger charge is -2.15. The van der Waals surface area contributed by atoms with E-state index in [-0.39, 0.29) is 22.8 Å². The molecule has 3 nitrogen and oxygen atoms in total. The van der Waals surface area contributed by atoms with Crippen molar-refractivity contribution in [3.63, 3.8) is 0 Å². The van der Waals surface area contributed by atoms with E-state index < -0.39 is 0 Å². The van der Waals surface area contributed by atoms with Gasteiger partial charge >= 0.3 is 0 Å². The molecule has 0 amide bonds. The second-order valence-corrected chi connectivity index (χ2v) is 5.03. The Bertz CT molecular complexity index is 599. The predicted molar refractivity (Wildman–Crippen MR) is 71.8 cm³/mol. The molecule has 4 heteroatoms. The van der Waals surface area contributed by atoms with Gasteiger partial charge in [0.2, 0.25) is 12.3 Å². The van der Waals surface area contributed by atoms with Crippen molar-refractivity contribution in [2.45, 2.75) is 32.2 Å². The summed E-state index contributed by atoms with van der Waals surface area (Å²) in [6.07, 6.45) is 11.8. The van der Waals surface area contributed by atoms with Crippen molar-refractivity contribution in [1.82, 2.24) is 4.98 Å². The molecule has 1 aromatic carbocycles. The lowest BCUT2D eigenvalue weighted by atomic mass is 9.90. The van der Waals surface area contributed by atoms with Crippen LogP contribution >= 0.6 is 0 Å². The van der Waals surface area contributed by atoms with E-state index in [0.717, 1.165) is 18.4 Å². The van der Waals surface area contributed by atoms with Crippen LogP contribution in [0.5, 0.6) is 0 Å². The predicted octanol–water partition coefficient (Wildman–Crippen LogP) is -0.865. The van der Waals surface area contributed by atoms with Crippen molar-refractivity contribution in [2.75, 3.05) is 0 Å². The highest BCUT2D eigenvalue weighted by Crippen LogP contribution is 2.22. The van der Waals surface area contributed by atoms with Crippen molar-refractivity contribution in [1.29, 1.82) is 0 Å². The van der Waals surface area contributed by atoms with Crippen LogP contribution in [0.25, 0.3) is 0 Å². The van der Waals surface area contributed by atoms with Gasteiger partial charge < -0.3 is 17.0 Å². The Morgan fingerprint density at radius 2 is 1.80 bits per heavy atom. The van der Waals surface area contributed by atoms with E-state index >= 15 is 0 Å². The Balaban J connectivity index is 0.00000147. The summed E-state index contributed by atoms with van der Waals surface area (Å²) < 4.78 is 1.86. The zero-order valence-corrected chi connectivity index (χ0v) is 12.8. The Hall–Kier alpha value is -1.55. The largest absolute Gasteiger partial charge is 1.00 e. The third-order valence-corrected chi connectivity index (χ3v) is 3.69. The smallest absolute Gasteiger partial charge is 0.227 e. The van der Waals surface area contributed by atoms with Crippen LogP contribution in [0.1, 0.15) is 34.3 Å². The minimum Gasteiger partial charge on any atom is -1.00 e. The molecule has 1 aliphatic carbocycles. The number of Topliss-reactive ketones (excluding diaryl/α,β-unsaturated/α-hetero) is 1. The van der Waals surface area contributed by atoms with E-state index in [1.807, 2.05) is 23.0 Å². The van der Waals surface area contributed by atoms with Crippen LogP contribution in [-0.2, 0) is 19.4 Å². The van der Waals surface area contributed by atoms with E-state index in [0.29, 0.717) is 6.54 Å². The van der Waals surface area contributed by atoms with Gasteiger partial charge in [0, 0.05) is 5.56 Å². The molecule has 0 bridgehead atoms. The van der Waals surface area contributed by atoms with Crippen molar-refractivity contribution in [3.8, 4) is 0 Å². The van der Waals surface area contributed by atoms with Crippen molar-refractivity contribution in [2.24, 2.45) is 0 Å². The second kappa shape index (κ2) is 6.75. The Morgan fingerprint density at radius 3 is 2.55 bits per heavy atom. The number of nitrogens with zero attached hydrogens (tertiary/aromatic N) is 2. The first kappa shape index (κ1) is 14.9. The number of benzene rings is 1. The van der Waals surface area contributed by atoms with Crippen molar-refractivity contribution >= 4 is 5.78 Å². The molecule has 104 valence electrons. The van der Waals surface area contributed by atoms with Gasteiger partial charge in [-0.2, -0.15) is 4.57 Å². The fourth-order valence-electron chi connectivity index (χ4n) is 2.62. The van der Waals surface area contributed by atoms with Gasteiger partial charge in [-0.25, -0.2) is 0 Å². The van der Waals surface area contributed by atoms with Crippen molar-refractivity contribution < 1.29 is 26.3 Å². The SMILES string of the molecule is O=C(C[n+]1ccncc1)c1ccc2c(c1)CCCC2.[Br-]. The number of carbonyl (C=O) groups is 1. The molecule has 0 saturated heterocycles. The molecule has 0 spiro atoms. The number of aromatic nitrogens is 2. The summed E-state index contributed by atoms with van der Waals surface area (Å²) in [4.78, 5) is 16.2. The maximum Gasteiger partial charge on any atom is 0.227 e. The average Bonchev–Trinajstić information content (AvgIpc) is 2.48. The number of fused-ring (bicyclic) bond motifs is 1. The van der Waals surface area contributed by atoms with E-state index in [2.05, 4.69) is 17.1 Å². The highest BCUT2D eigenvalue weighted by molar-refractivity contribution is 5.95. The minimum absolute atomic E-state index is 0. The minimum atomic E-state index is 0. The summed E-state index contributed by atoms with van der Waals surface area (Å²) in [5.74, 6) is 0.157. The molecular formula is C16H17BrN2O. The van der Waals surface area contributed by atoms with Crippen molar-refractivity contribution in [3.05, 3.63) is 59.7 Å². The molecular weight excluding hydrogens is 316 g/mol. The molecule has 2 aromatic rings. The van der Waals surface area contributed by atoms with Crippen LogP contribution in [0, 0.1) is 0 Å². The first-order valence-electron chi connectivity index (χ1n) is 6.77. The summed E-state index contributed by atoms with van der Waals surface area (Å²) in [5, 5.41) is 0. The quantitative estimate of drug-likeness (QED) is 0.541. The molecule has 0 saturated carbocycles. The van der Waals surface area contributed by atoms with Gasteiger partial charge in [0.25, 0.3) is 0 Å². The summed E-state index contributed by atoms with van der Waals surface area (Å²) >= 11 is 0. The van der Waals surface area contributed by atoms with E-state index in [9.17, 15) is 4.79 Å². The first-order chi connectivity index (χ1) is 9.33. The molecule has 0 fully saturated rings. The molecule has 0 radical (unpaired) electrons. The van der Waals surface area contributed by atoms with Crippen LogP contribution in [0.2, 0.25) is 0 Å². The lowest BCUT2D eigenvalue weighted by molar-refractivity contribution is -0.683. The summed E-state index contributed by atoms with van der Waals surface area (Å²) in [5.41, 5.74) is 3.60. The summed E-state index contributed by atoms with van der Waals surface area (Å²) in [6.45, 7) is 0.376. The Morgan fingerprint density at radius 1 is 1.10 bits per heavy atom. The maximum absolute atomic E-state index is 12.3. The zero-order chi connectivity index (χ0) is 13.1. The van der Waals surface area contributed by atoms with E-state index in [1.165, 1.54) is 24.0 Å². The number of hydrogen-bond acceptors (Lipinski definition) is 2. The molecule has 1 aromatic heterocycles. The molecule has 1 aliphatic rings. The first-order valence-corrected chi connectivity index (χ1v) is 6.77. The zero-order valence-electron chi connectivity index (χ0n) is 11.3. The summed E-state index contributed by atoms with van der Waals surface area (Å²) in [6, 6.07) is 6.17. The van der Waals surface area contributed by atoms with Gasteiger partial charge in [0.15, 0.2) is 12.4 Å². The normalized spacial score (nSPS) is 13.2. The molecule has 0 unspecified atom stereocenters. The third kappa shape index (κ3) is 3.31. The number of aryl methyl sites for hydroxylation is 2. The average molecular weight is 333 g/mol. The topological polar surface area (TPSA) is 33.8 Å². The number of rotatable bonds is 3. The van der Waals surface area contributed by atoms with Gasteiger partial charge in [-0.05, 0) is 42.9 Å².